The minimum Gasteiger partial charge on any atom is -0.507 e. The number of aromatic hydroxyl groups is 1. The minimum absolute atomic E-state index is 0.159. The van der Waals surface area contributed by atoms with Gasteiger partial charge in [-0.15, -0.1) is 0 Å². The number of allylic oxidation sites excluding steroid dienone is 2. The molecule has 0 aromatic heterocycles. The van der Waals surface area contributed by atoms with E-state index in [4.69, 9.17) is 9.47 Å². The second kappa shape index (κ2) is 14.3. The fraction of sp³-hybridized carbons (Fsp3) is 0.217. The van der Waals surface area contributed by atoms with Gasteiger partial charge in [0, 0.05) is 46.4 Å². The standard InChI is InChI=1S/C46H40N4O7/c1-56-32-23-37(51)42(38(24-32)57-2)40-33-21-22-34-39(45(54)49(43(34)52)30-17-13-28(14-18-30)47-26-9-5-3-6-10-26)35(33)25-36-41(40)46(55)50(44(36)53)31-19-15-29(16-20-31)48-27-11-7-4-8-12-27/h3-21,23-24,34-36,39-41,47-48,51H,22,25H2,1-2H3/t34-,35+,36+,39-,40-,41+/m0/s1. The van der Waals surface area contributed by atoms with Gasteiger partial charge in [0.25, 0.3) is 0 Å². The number of ether oxygens (including phenoxy) is 2. The summed E-state index contributed by atoms with van der Waals surface area (Å²) in [6.07, 6.45) is 2.40. The van der Waals surface area contributed by atoms with Crippen molar-refractivity contribution >= 4 is 57.8 Å². The van der Waals surface area contributed by atoms with Crippen molar-refractivity contribution in [3.8, 4) is 17.2 Å². The van der Waals surface area contributed by atoms with Crippen molar-refractivity contribution in [2.75, 3.05) is 34.7 Å². The van der Waals surface area contributed by atoms with Crippen LogP contribution in [0.3, 0.4) is 0 Å². The highest BCUT2D eigenvalue weighted by atomic mass is 16.5. The quantitative estimate of drug-likeness (QED) is 0.101. The summed E-state index contributed by atoms with van der Waals surface area (Å²) in [5.74, 6) is -5.49. The largest absolute Gasteiger partial charge is 0.507 e. The lowest BCUT2D eigenvalue weighted by atomic mass is 9.57. The number of hydrogen-bond donors (Lipinski definition) is 3. The van der Waals surface area contributed by atoms with Crippen molar-refractivity contribution in [2.45, 2.75) is 18.8 Å². The van der Waals surface area contributed by atoms with Gasteiger partial charge in [-0.2, -0.15) is 0 Å². The molecule has 3 fully saturated rings. The van der Waals surface area contributed by atoms with Gasteiger partial charge < -0.3 is 25.2 Å². The van der Waals surface area contributed by atoms with Gasteiger partial charge in [0.2, 0.25) is 23.6 Å². The van der Waals surface area contributed by atoms with Crippen LogP contribution in [0, 0.1) is 29.6 Å². The maximum absolute atomic E-state index is 14.7. The third-order valence-corrected chi connectivity index (χ3v) is 11.9. The van der Waals surface area contributed by atoms with Gasteiger partial charge in [-0.25, -0.2) is 0 Å². The van der Waals surface area contributed by atoms with Gasteiger partial charge >= 0.3 is 0 Å². The molecule has 0 radical (unpaired) electrons. The average molecular weight is 761 g/mol. The molecule has 11 heteroatoms. The molecule has 5 aromatic carbocycles. The normalized spacial score (nSPS) is 23.7. The van der Waals surface area contributed by atoms with Crippen molar-refractivity contribution in [1.29, 1.82) is 0 Å². The Morgan fingerprint density at radius 1 is 0.579 bits per heavy atom. The second-order valence-electron chi connectivity index (χ2n) is 14.9. The SMILES string of the molecule is COc1cc(O)c([C@H]2C3=CC[C@@H]4C(=O)N(c5ccc(Nc6ccccc6)cc5)C(=O)[C@@H]4[C@@H]3C[C@H]3C(=O)N(c4ccc(Nc5ccccc5)cc4)C(=O)[C@@H]23)c(OC)c1. The number of hydrogen-bond acceptors (Lipinski definition) is 9. The number of carbonyl (C=O) groups is 4. The van der Waals surface area contributed by atoms with E-state index in [0.717, 1.165) is 28.3 Å². The predicted molar refractivity (Wildman–Crippen MR) is 216 cm³/mol. The number of benzene rings is 5. The first-order chi connectivity index (χ1) is 27.7. The molecule has 6 atom stereocenters. The molecule has 4 aliphatic rings. The van der Waals surface area contributed by atoms with Gasteiger partial charge in [0.05, 0.1) is 49.3 Å². The number of para-hydroxylation sites is 2. The lowest BCUT2D eigenvalue weighted by molar-refractivity contribution is -0.126. The molecule has 2 aliphatic heterocycles. The van der Waals surface area contributed by atoms with E-state index in [1.165, 1.54) is 30.1 Å². The van der Waals surface area contributed by atoms with Crippen LogP contribution in [0.25, 0.3) is 0 Å². The van der Waals surface area contributed by atoms with Crippen LogP contribution in [0.2, 0.25) is 0 Å². The summed E-state index contributed by atoms with van der Waals surface area (Å²) in [6, 6.07) is 36.7. The van der Waals surface area contributed by atoms with E-state index in [-0.39, 0.29) is 42.1 Å². The molecule has 2 aliphatic carbocycles. The van der Waals surface area contributed by atoms with Gasteiger partial charge in [0.15, 0.2) is 0 Å². The Kier molecular flexibility index (Phi) is 8.99. The van der Waals surface area contributed by atoms with Crippen molar-refractivity contribution in [1.82, 2.24) is 0 Å². The fourth-order valence-corrected chi connectivity index (χ4v) is 9.37. The zero-order chi connectivity index (χ0) is 39.4. The topological polar surface area (TPSA) is 138 Å². The summed E-state index contributed by atoms with van der Waals surface area (Å²) >= 11 is 0. The van der Waals surface area contributed by atoms with E-state index in [0.29, 0.717) is 22.7 Å². The second-order valence-corrected chi connectivity index (χ2v) is 14.9. The molecule has 0 unspecified atom stereocenters. The van der Waals surface area contributed by atoms with Crippen molar-refractivity contribution < 1.29 is 33.8 Å². The molecular formula is C46H40N4O7. The number of nitrogens with zero attached hydrogens (tertiary/aromatic N) is 2. The van der Waals surface area contributed by atoms with E-state index >= 15 is 0 Å². The van der Waals surface area contributed by atoms with Crippen LogP contribution in [0.1, 0.15) is 24.3 Å². The van der Waals surface area contributed by atoms with Crippen molar-refractivity contribution in [3.63, 3.8) is 0 Å². The van der Waals surface area contributed by atoms with Gasteiger partial charge in [0.1, 0.15) is 17.2 Å². The first kappa shape index (κ1) is 35.8. The summed E-state index contributed by atoms with van der Waals surface area (Å²) < 4.78 is 11.2. The zero-order valence-corrected chi connectivity index (χ0v) is 31.3. The van der Waals surface area contributed by atoms with Crippen LogP contribution in [0.5, 0.6) is 17.2 Å². The van der Waals surface area contributed by atoms with E-state index < -0.39 is 41.4 Å². The number of anilines is 6. The lowest BCUT2D eigenvalue weighted by Crippen LogP contribution is -2.43. The Bertz CT molecular complexity index is 2420. The average Bonchev–Trinajstić information content (AvgIpc) is 3.64. The van der Waals surface area contributed by atoms with Crippen LogP contribution in [-0.2, 0) is 19.2 Å². The molecular weight excluding hydrogens is 721 g/mol. The van der Waals surface area contributed by atoms with E-state index in [2.05, 4.69) is 10.6 Å². The van der Waals surface area contributed by atoms with Gasteiger partial charge in [-0.05, 0) is 91.6 Å². The molecule has 5 aromatic rings. The summed E-state index contributed by atoms with van der Waals surface area (Å²) in [5, 5.41) is 18.3. The highest BCUT2D eigenvalue weighted by Crippen LogP contribution is 2.61. The Morgan fingerprint density at radius 2 is 1.09 bits per heavy atom. The molecule has 2 saturated heterocycles. The molecule has 4 amide bonds. The third-order valence-electron chi connectivity index (χ3n) is 11.9. The van der Waals surface area contributed by atoms with E-state index in [1.807, 2.05) is 91.0 Å². The number of carbonyl (C=O) groups excluding carboxylic acids is 4. The maximum Gasteiger partial charge on any atom is 0.238 e. The highest BCUT2D eigenvalue weighted by molar-refractivity contribution is 6.24. The number of amides is 4. The van der Waals surface area contributed by atoms with Crippen LogP contribution in [0.15, 0.2) is 133 Å². The van der Waals surface area contributed by atoms with Crippen LogP contribution in [0.4, 0.5) is 34.1 Å². The molecule has 9 rings (SSSR count). The lowest BCUT2D eigenvalue weighted by Gasteiger charge is -2.44. The van der Waals surface area contributed by atoms with E-state index in [1.54, 1.807) is 30.3 Å². The number of fused-ring (bicyclic) bond motifs is 4. The van der Waals surface area contributed by atoms with Gasteiger partial charge in [-0.3, -0.25) is 29.0 Å². The summed E-state index contributed by atoms with van der Waals surface area (Å²) in [7, 11) is 2.95. The monoisotopic (exact) mass is 760 g/mol. The molecule has 3 N–H and O–H groups in total. The molecule has 0 spiro atoms. The Morgan fingerprint density at radius 3 is 1.61 bits per heavy atom. The highest BCUT2D eigenvalue weighted by Gasteiger charge is 2.63. The Labute approximate surface area is 329 Å². The molecule has 57 heavy (non-hydrogen) atoms. The van der Waals surface area contributed by atoms with E-state index in [9.17, 15) is 24.3 Å². The first-order valence-electron chi connectivity index (χ1n) is 19.0. The molecule has 286 valence electrons. The first-order valence-corrected chi connectivity index (χ1v) is 19.0. The molecule has 11 nitrogen and oxygen atoms in total. The van der Waals surface area contributed by atoms with Gasteiger partial charge in [-0.1, -0.05) is 48.0 Å². The Balaban J connectivity index is 1.07. The summed E-state index contributed by atoms with van der Waals surface area (Å²) in [5.41, 5.74) is 5.34. The minimum atomic E-state index is -0.903. The van der Waals surface area contributed by atoms with Crippen LogP contribution >= 0.6 is 0 Å². The third kappa shape index (κ3) is 6.06. The van der Waals surface area contributed by atoms with Crippen LogP contribution < -0.4 is 29.9 Å². The Hall–Kier alpha value is -6.88. The predicted octanol–water partition coefficient (Wildman–Crippen LogP) is 7.94. The fourth-order valence-electron chi connectivity index (χ4n) is 9.37. The number of nitrogens with one attached hydrogen (secondary N) is 2. The molecule has 1 saturated carbocycles. The smallest absolute Gasteiger partial charge is 0.238 e. The number of rotatable bonds is 9. The summed E-state index contributed by atoms with van der Waals surface area (Å²) in [6.45, 7) is 0. The summed E-state index contributed by atoms with van der Waals surface area (Å²) in [4.78, 5) is 60.6. The molecule has 0 bridgehead atoms. The van der Waals surface area contributed by atoms with Crippen molar-refractivity contribution in [2.24, 2.45) is 29.6 Å². The van der Waals surface area contributed by atoms with Crippen LogP contribution in [-0.4, -0.2) is 43.0 Å². The van der Waals surface area contributed by atoms with Crippen molar-refractivity contribution in [3.05, 3.63) is 139 Å². The number of phenols is 1. The molecule has 2 heterocycles. The zero-order valence-electron chi connectivity index (χ0n) is 31.3. The maximum atomic E-state index is 14.7. The number of imide groups is 2. The number of methoxy groups -OCH3 is 2. The number of phenolic OH excluding ortho intramolecular Hbond substituents is 1.